The second kappa shape index (κ2) is 12.9. The van der Waals surface area contributed by atoms with Gasteiger partial charge in [0.15, 0.2) is 6.61 Å². The quantitative estimate of drug-likeness (QED) is 0.356. The van der Waals surface area contributed by atoms with Gasteiger partial charge in [-0.3, -0.25) is 9.59 Å². The molecule has 172 valence electrons. The van der Waals surface area contributed by atoms with E-state index in [1.807, 2.05) is 31.2 Å². The molecular weight excluding hydrogens is 472 g/mol. The predicted octanol–water partition coefficient (Wildman–Crippen LogP) is 4.18. The molecule has 0 spiro atoms. The molecule has 2 amide bonds. The first-order valence-electron chi connectivity index (χ1n) is 10.6. The van der Waals surface area contributed by atoms with Gasteiger partial charge in [0.2, 0.25) is 5.91 Å². The topological polar surface area (TPSA) is 83.0 Å². The molecule has 2 rings (SSSR count). The Hall–Kier alpha value is -2.87. The van der Waals surface area contributed by atoms with E-state index in [0.717, 1.165) is 28.7 Å². The lowest BCUT2D eigenvalue weighted by molar-refractivity contribution is -0.123. The van der Waals surface area contributed by atoms with Crippen LogP contribution in [0.1, 0.15) is 38.3 Å². The van der Waals surface area contributed by atoms with E-state index in [2.05, 4.69) is 62.7 Å². The van der Waals surface area contributed by atoms with Crippen LogP contribution in [0, 0.1) is 6.92 Å². The van der Waals surface area contributed by atoms with Crippen LogP contribution in [-0.4, -0.2) is 37.2 Å². The number of rotatable bonds is 11. The first-order chi connectivity index (χ1) is 15.3. The summed E-state index contributed by atoms with van der Waals surface area (Å²) in [5.41, 5.74) is 6.20. The highest BCUT2D eigenvalue weighted by atomic mass is 79.9. The third-order valence-corrected chi connectivity index (χ3v) is 5.41. The molecule has 32 heavy (non-hydrogen) atoms. The lowest BCUT2D eigenvalue weighted by Gasteiger charge is -2.21. The van der Waals surface area contributed by atoms with Gasteiger partial charge in [0.1, 0.15) is 5.75 Å². The van der Waals surface area contributed by atoms with Crippen molar-refractivity contribution in [2.24, 2.45) is 5.10 Å². The third kappa shape index (κ3) is 8.34. The van der Waals surface area contributed by atoms with E-state index in [-0.39, 0.29) is 18.9 Å². The molecule has 0 atom stereocenters. The second-order valence-electron chi connectivity index (χ2n) is 7.40. The molecule has 2 N–H and O–H groups in total. The van der Waals surface area contributed by atoms with Gasteiger partial charge in [-0.2, -0.15) is 5.10 Å². The Kier molecular flexibility index (Phi) is 10.2. The summed E-state index contributed by atoms with van der Waals surface area (Å²) in [6, 6.07) is 13.8. The van der Waals surface area contributed by atoms with E-state index >= 15 is 0 Å². The maximum Gasteiger partial charge on any atom is 0.277 e. The van der Waals surface area contributed by atoms with Crippen molar-refractivity contribution in [3.63, 3.8) is 0 Å². The number of carbonyl (C=O) groups excluding carboxylic acids is 2. The van der Waals surface area contributed by atoms with Crippen LogP contribution in [0.15, 0.2) is 52.0 Å². The molecule has 0 saturated heterocycles. The first-order valence-corrected chi connectivity index (χ1v) is 11.4. The summed E-state index contributed by atoms with van der Waals surface area (Å²) in [7, 11) is 0. The molecular formula is C24H31BrN4O3. The van der Waals surface area contributed by atoms with Crippen molar-refractivity contribution in [1.82, 2.24) is 10.7 Å². The van der Waals surface area contributed by atoms with Crippen LogP contribution in [-0.2, 0) is 16.1 Å². The Labute approximate surface area is 198 Å². The molecule has 0 aliphatic carbocycles. The van der Waals surface area contributed by atoms with Crippen LogP contribution in [0.4, 0.5) is 5.69 Å². The minimum Gasteiger partial charge on any atom is -0.483 e. The van der Waals surface area contributed by atoms with Crippen LogP contribution in [0.25, 0.3) is 0 Å². The van der Waals surface area contributed by atoms with Gasteiger partial charge in [-0.1, -0.05) is 18.2 Å². The number of ether oxygens (including phenoxy) is 1. The van der Waals surface area contributed by atoms with Crippen molar-refractivity contribution in [3.05, 3.63) is 58.1 Å². The van der Waals surface area contributed by atoms with Gasteiger partial charge in [0.05, 0.1) is 10.9 Å². The number of nitrogens with zero attached hydrogens (tertiary/aromatic N) is 2. The Morgan fingerprint density at radius 3 is 2.38 bits per heavy atom. The molecule has 0 saturated carbocycles. The van der Waals surface area contributed by atoms with E-state index in [1.165, 1.54) is 5.69 Å². The number of halogens is 1. The fraction of sp³-hybridized carbons (Fsp3) is 0.375. The molecule has 7 nitrogen and oxygen atoms in total. The average Bonchev–Trinajstić information content (AvgIpc) is 2.77. The van der Waals surface area contributed by atoms with E-state index in [0.29, 0.717) is 18.0 Å². The molecule has 0 aliphatic heterocycles. The molecule has 0 heterocycles. The average molecular weight is 503 g/mol. The zero-order valence-electron chi connectivity index (χ0n) is 19.1. The number of nitrogens with one attached hydrogen (secondary N) is 2. The van der Waals surface area contributed by atoms with E-state index in [9.17, 15) is 9.59 Å². The number of anilines is 1. The molecule has 8 heteroatoms. The minimum atomic E-state index is -0.398. The van der Waals surface area contributed by atoms with E-state index in [4.69, 9.17) is 4.74 Å². The largest absolute Gasteiger partial charge is 0.483 e. The SMILES string of the molecule is CCN(CC)c1ccc(CNC(=O)CC(C)=NNC(=O)COc2ccc(C)cc2Br)cc1. The van der Waals surface area contributed by atoms with Crippen LogP contribution < -0.4 is 20.4 Å². The molecule has 0 aromatic heterocycles. The maximum absolute atomic E-state index is 12.2. The van der Waals surface area contributed by atoms with E-state index in [1.54, 1.807) is 13.0 Å². The van der Waals surface area contributed by atoms with Crippen molar-refractivity contribution in [2.75, 3.05) is 24.6 Å². The molecule has 0 radical (unpaired) electrons. The highest BCUT2D eigenvalue weighted by molar-refractivity contribution is 9.10. The van der Waals surface area contributed by atoms with Crippen molar-refractivity contribution in [2.45, 2.75) is 40.7 Å². The van der Waals surface area contributed by atoms with Gasteiger partial charge < -0.3 is 15.0 Å². The minimum absolute atomic E-state index is 0.0994. The molecule has 0 fully saturated rings. The van der Waals surface area contributed by atoms with Gasteiger partial charge in [0.25, 0.3) is 5.91 Å². The zero-order chi connectivity index (χ0) is 23.5. The predicted molar refractivity (Wildman–Crippen MR) is 132 cm³/mol. The summed E-state index contributed by atoms with van der Waals surface area (Å²) in [4.78, 5) is 26.4. The summed E-state index contributed by atoms with van der Waals surface area (Å²) in [5.74, 6) is 0.0228. The van der Waals surface area contributed by atoms with Crippen molar-refractivity contribution in [3.8, 4) is 5.75 Å². The third-order valence-electron chi connectivity index (χ3n) is 4.79. The van der Waals surface area contributed by atoms with E-state index < -0.39 is 5.91 Å². The van der Waals surface area contributed by atoms with Gasteiger partial charge >= 0.3 is 0 Å². The monoisotopic (exact) mass is 502 g/mol. The second-order valence-corrected chi connectivity index (χ2v) is 8.25. The van der Waals surface area contributed by atoms with Crippen LogP contribution in [0.3, 0.4) is 0 Å². The molecule has 0 unspecified atom stereocenters. The Morgan fingerprint density at radius 2 is 1.75 bits per heavy atom. The van der Waals surface area contributed by atoms with Crippen LogP contribution in [0.2, 0.25) is 0 Å². The van der Waals surface area contributed by atoms with Crippen molar-refractivity contribution >= 4 is 39.1 Å². The van der Waals surface area contributed by atoms with Crippen LogP contribution in [0.5, 0.6) is 5.75 Å². The lowest BCUT2D eigenvalue weighted by atomic mass is 10.2. The standard InChI is InChI=1S/C24H31BrN4O3/c1-5-29(6-2)20-10-8-19(9-11-20)15-26-23(30)14-18(4)27-28-24(31)16-32-22-12-7-17(3)13-21(22)25/h7-13H,5-6,14-16H2,1-4H3,(H,26,30)(H,28,31). The molecule has 0 bridgehead atoms. The molecule has 0 aliphatic rings. The maximum atomic E-state index is 12.2. The molecule has 2 aromatic carbocycles. The number of aryl methyl sites for hydroxylation is 1. The highest BCUT2D eigenvalue weighted by Crippen LogP contribution is 2.25. The Morgan fingerprint density at radius 1 is 1.06 bits per heavy atom. The Balaban J connectivity index is 1.73. The summed E-state index contributed by atoms with van der Waals surface area (Å²) in [5, 5.41) is 6.85. The number of hydrogen-bond donors (Lipinski definition) is 2. The summed E-state index contributed by atoms with van der Waals surface area (Å²) >= 11 is 3.40. The van der Waals surface area contributed by atoms with Crippen LogP contribution >= 0.6 is 15.9 Å². The van der Waals surface area contributed by atoms with Gasteiger partial charge in [0, 0.05) is 31.0 Å². The van der Waals surface area contributed by atoms with Crippen molar-refractivity contribution < 1.29 is 14.3 Å². The fourth-order valence-corrected chi connectivity index (χ4v) is 3.61. The van der Waals surface area contributed by atoms with Crippen molar-refractivity contribution in [1.29, 1.82) is 0 Å². The fourth-order valence-electron chi connectivity index (χ4n) is 3.00. The van der Waals surface area contributed by atoms with Gasteiger partial charge in [-0.25, -0.2) is 5.43 Å². The number of carbonyl (C=O) groups is 2. The Bertz CT molecular complexity index is 941. The highest BCUT2D eigenvalue weighted by Gasteiger charge is 2.08. The normalized spacial score (nSPS) is 11.1. The molecule has 2 aromatic rings. The summed E-state index contributed by atoms with van der Waals surface area (Å²) < 4.78 is 6.26. The van der Waals surface area contributed by atoms with Gasteiger partial charge in [-0.15, -0.1) is 0 Å². The summed E-state index contributed by atoms with van der Waals surface area (Å²) in [6.45, 7) is 10.1. The number of hydrogen-bond acceptors (Lipinski definition) is 5. The zero-order valence-corrected chi connectivity index (χ0v) is 20.7. The first kappa shape index (κ1) is 25.4. The number of amides is 2. The number of benzene rings is 2. The van der Waals surface area contributed by atoms with Gasteiger partial charge in [-0.05, 0) is 79.0 Å². The lowest BCUT2D eigenvalue weighted by Crippen LogP contribution is -2.28. The number of hydrazone groups is 1. The smallest absolute Gasteiger partial charge is 0.277 e. The summed E-state index contributed by atoms with van der Waals surface area (Å²) in [6.07, 6.45) is 0.0994.